The van der Waals surface area contributed by atoms with Crippen LogP contribution >= 0.6 is 11.3 Å². The SMILES string of the molecule is O=C(CCC1=NNC(=O)CC1)NCCc1nc2c(s1)CCC2. The number of fused-ring (bicyclic) bond motifs is 1. The Kier molecular flexibility index (Phi) is 4.82. The molecule has 22 heavy (non-hydrogen) atoms. The van der Waals surface area contributed by atoms with Crippen molar-refractivity contribution >= 4 is 28.9 Å². The molecule has 0 radical (unpaired) electrons. The molecule has 0 unspecified atom stereocenters. The van der Waals surface area contributed by atoms with Crippen molar-refractivity contribution in [1.29, 1.82) is 0 Å². The molecule has 0 spiro atoms. The van der Waals surface area contributed by atoms with Crippen molar-refractivity contribution in [2.75, 3.05) is 6.54 Å². The van der Waals surface area contributed by atoms with Gasteiger partial charge in [0.15, 0.2) is 0 Å². The molecule has 2 aliphatic rings. The standard InChI is InChI=1S/C15H20N4O2S/c20-13(6-4-10-5-7-14(21)19-18-10)16-9-8-15-17-11-2-1-3-12(11)22-15/h1-9H2,(H,16,20)(H,19,21). The van der Waals surface area contributed by atoms with E-state index in [1.54, 1.807) is 11.3 Å². The van der Waals surface area contributed by atoms with Crippen molar-refractivity contribution in [2.24, 2.45) is 5.10 Å². The lowest BCUT2D eigenvalue weighted by atomic mass is 10.1. The van der Waals surface area contributed by atoms with Gasteiger partial charge in [-0.05, 0) is 32.1 Å². The van der Waals surface area contributed by atoms with E-state index in [1.807, 2.05) is 0 Å². The molecule has 2 N–H and O–H groups in total. The molecule has 0 bridgehead atoms. The van der Waals surface area contributed by atoms with Crippen LogP contribution in [0, 0.1) is 0 Å². The van der Waals surface area contributed by atoms with Gasteiger partial charge in [0.2, 0.25) is 11.8 Å². The second-order valence-electron chi connectivity index (χ2n) is 5.64. The number of hydrogen-bond donors (Lipinski definition) is 2. The van der Waals surface area contributed by atoms with Crippen LogP contribution in [-0.2, 0) is 28.9 Å². The largest absolute Gasteiger partial charge is 0.356 e. The van der Waals surface area contributed by atoms with E-state index in [4.69, 9.17) is 0 Å². The first kappa shape index (κ1) is 15.1. The number of thiazole rings is 1. The van der Waals surface area contributed by atoms with Crippen LogP contribution in [0.3, 0.4) is 0 Å². The van der Waals surface area contributed by atoms with Crippen LogP contribution in [0.4, 0.5) is 0 Å². The molecule has 6 nitrogen and oxygen atoms in total. The van der Waals surface area contributed by atoms with Crippen LogP contribution in [0.2, 0.25) is 0 Å². The van der Waals surface area contributed by atoms with Gasteiger partial charge in [-0.1, -0.05) is 0 Å². The molecule has 0 fully saturated rings. The van der Waals surface area contributed by atoms with Crippen molar-refractivity contribution < 1.29 is 9.59 Å². The Bertz CT molecular complexity index is 587. The van der Waals surface area contributed by atoms with Crippen LogP contribution < -0.4 is 10.7 Å². The van der Waals surface area contributed by atoms with E-state index < -0.39 is 0 Å². The Labute approximate surface area is 133 Å². The maximum atomic E-state index is 11.8. The Morgan fingerprint density at radius 3 is 2.91 bits per heavy atom. The van der Waals surface area contributed by atoms with Gasteiger partial charge in [-0.15, -0.1) is 11.3 Å². The van der Waals surface area contributed by atoms with Crippen LogP contribution in [0.5, 0.6) is 0 Å². The van der Waals surface area contributed by atoms with Crippen LogP contribution in [0.1, 0.15) is 47.7 Å². The Morgan fingerprint density at radius 2 is 2.14 bits per heavy atom. The summed E-state index contributed by atoms with van der Waals surface area (Å²) in [5, 5.41) is 8.03. The van der Waals surface area contributed by atoms with E-state index in [9.17, 15) is 9.59 Å². The molecule has 1 aromatic rings. The van der Waals surface area contributed by atoms with Gasteiger partial charge < -0.3 is 5.32 Å². The minimum Gasteiger partial charge on any atom is -0.356 e. The zero-order valence-corrected chi connectivity index (χ0v) is 13.3. The zero-order valence-electron chi connectivity index (χ0n) is 12.5. The fraction of sp³-hybridized carbons (Fsp3) is 0.600. The fourth-order valence-electron chi connectivity index (χ4n) is 2.70. The maximum absolute atomic E-state index is 11.8. The number of rotatable bonds is 6. The lowest BCUT2D eigenvalue weighted by Gasteiger charge is -2.11. The van der Waals surface area contributed by atoms with Crippen LogP contribution in [-0.4, -0.2) is 29.1 Å². The third-order valence-corrected chi connectivity index (χ3v) is 5.14. The fourth-order valence-corrected chi connectivity index (χ4v) is 3.85. The van der Waals surface area contributed by atoms with Crippen molar-refractivity contribution in [3.05, 3.63) is 15.6 Å². The molecular weight excluding hydrogens is 300 g/mol. The van der Waals surface area contributed by atoms with E-state index in [0.717, 1.165) is 30.0 Å². The number of amides is 2. The maximum Gasteiger partial charge on any atom is 0.240 e. The smallest absolute Gasteiger partial charge is 0.240 e. The van der Waals surface area contributed by atoms with Gasteiger partial charge in [0.05, 0.1) is 10.7 Å². The van der Waals surface area contributed by atoms with Crippen molar-refractivity contribution in [3.63, 3.8) is 0 Å². The molecule has 2 amide bonds. The van der Waals surface area contributed by atoms with Crippen molar-refractivity contribution in [2.45, 2.75) is 51.4 Å². The lowest BCUT2D eigenvalue weighted by Crippen LogP contribution is -2.28. The highest BCUT2D eigenvalue weighted by Crippen LogP contribution is 2.27. The minimum atomic E-state index is -0.0523. The average molecular weight is 320 g/mol. The summed E-state index contributed by atoms with van der Waals surface area (Å²) in [7, 11) is 0. The molecule has 0 saturated carbocycles. The molecule has 118 valence electrons. The van der Waals surface area contributed by atoms with E-state index in [1.165, 1.54) is 17.0 Å². The summed E-state index contributed by atoms with van der Waals surface area (Å²) >= 11 is 1.79. The highest BCUT2D eigenvalue weighted by atomic mass is 32.1. The predicted molar refractivity (Wildman–Crippen MR) is 84.9 cm³/mol. The Hall–Kier alpha value is -1.76. The summed E-state index contributed by atoms with van der Waals surface area (Å²) < 4.78 is 0. The molecule has 0 atom stereocenters. The number of nitrogens with zero attached hydrogens (tertiary/aromatic N) is 2. The number of aromatic nitrogens is 1. The van der Waals surface area contributed by atoms with Gasteiger partial charge in [0, 0.05) is 36.4 Å². The topological polar surface area (TPSA) is 83.5 Å². The second kappa shape index (κ2) is 7.00. The molecule has 2 heterocycles. The van der Waals surface area contributed by atoms with E-state index in [0.29, 0.717) is 32.2 Å². The van der Waals surface area contributed by atoms with Gasteiger partial charge in [-0.2, -0.15) is 5.10 Å². The molecule has 0 saturated heterocycles. The summed E-state index contributed by atoms with van der Waals surface area (Å²) in [6.45, 7) is 0.633. The first-order valence-electron chi connectivity index (χ1n) is 7.79. The predicted octanol–water partition coefficient (Wildman–Crippen LogP) is 1.34. The average Bonchev–Trinajstić information content (AvgIpc) is 3.08. The van der Waals surface area contributed by atoms with Gasteiger partial charge in [0.1, 0.15) is 0 Å². The third kappa shape index (κ3) is 3.91. The number of hydrogen-bond acceptors (Lipinski definition) is 5. The normalized spacial score (nSPS) is 16.9. The highest BCUT2D eigenvalue weighted by Gasteiger charge is 2.16. The minimum absolute atomic E-state index is 0.0312. The number of nitrogens with one attached hydrogen (secondary N) is 2. The van der Waals surface area contributed by atoms with Crippen molar-refractivity contribution in [1.82, 2.24) is 15.7 Å². The Morgan fingerprint density at radius 1 is 1.23 bits per heavy atom. The summed E-state index contributed by atoms with van der Waals surface area (Å²) in [6.07, 6.45) is 6.46. The molecule has 7 heteroatoms. The number of aryl methyl sites for hydroxylation is 2. The van der Waals surface area contributed by atoms with Crippen LogP contribution in [0.15, 0.2) is 5.10 Å². The third-order valence-electron chi connectivity index (χ3n) is 3.92. The quantitative estimate of drug-likeness (QED) is 0.829. The molecule has 1 aliphatic carbocycles. The van der Waals surface area contributed by atoms with E-state index in [-0.39, 0.29) is 11.8 Å². The first-order valence-corrected chi connectivity index (χ1v) is 8.61. The monoisotopic (exact) mass is 320 g/mol. The van der Waals surface area contributed by atoms with Gasteiger partial charge >= 0.3 is 0 Å². The highest BCUT2D eigenvalue weighted by molar-refractivity contribution is 7.11. The molecule has 1 aromatic heterocycles. The molecule has 1 aliphatic heterocycles. The molecular formula is C15H20N4O2S. The molecule has 0 aromatic carbocycles. The van der Waals surface area contributed by atoms with Crippen LogP contribution in [0.25, 0.3) is 0 Å². The summed E-state index contributed by atoms with van der Waals surface area (Å²) in [4.78, 5) is 28.8. The van der Waals surface area contributed by atoms with Gasteiger partial charge in [-0.25, -0.2) is 10.4 Å². The van der Waals surface area contributed by atoms with E-state index >= 15 is 0 Å². The van der Waals surface area contributed by atoms with Gasteiger partial charge in [-0.3, -0.25) is 9.59 Å². The zero-order chi connectivity index (χ0) is 15.4. The number of carbonyl (C=O) groups is 2. The summed E-state index contributed by atoms with van der Waals surface area (Å²) in [6, 6.07) is 0. The van der Waals surface area contributed by atoms with Gasteiger partial charge in [0.25, 0.3) is 0 Å². The van der Waals surface area contributed by atoms with E-state index in [2.05, 4.69) is 20.8 Å². The summed E-state index contributed by atoms with van der Waals surface area (Å²) in [5.74, 6) is -0.0211. The number of hydrazone groups is 1. The molecule has 3 rings (SSSR count). The Balaban J connectivity index is 1.34. The number of carbonyl (C=O) groups excluding carboxylic acids is 2. The summed E-state index contributed by atoms with van der Waals surface area (Å²) in [5.41, 5.74) is 4.61. The van der Waals surface area contributed by atoms with Crippen molar-refractivity contribution in [3.8, 4) is 0 Å². The first-order chi connectivity index (χ1) is 10.7. The lowest BCUT2D eigenvalue weighted by molar-refractivity contribution is -0.121. The second-order valence-corrected chi connectivity index (χ2v) is 6.81.